The first-order valence-corrected chi connectivity index (χ1v) is 12.5. The van der Waals surface area contributed by atoms with Crippen molar-refractivity contribution in [3.63, 3.8) is 0 Å². The third-order valence-corrected chi connectivity index (χ3v) is 10.5. The Bertz CT molecular complexity index is 626. The summed E-state index contributed by atoms with van der Waals surface area (Å²) in [4.78, 5) is 0. The van der Waals surface area contributed by atoms with Gasteiger partial charge in [0.15, 0.2) is 0 Å². The molecule has 27 heavy (non-hydrogen) atoms. The fourth-order valence-electron chi connectivity index (χ4n) is 9.63. The molecule has 4 unspecified atom stereocenters. The molecule has 0 aliphatic heterocycles. The van der Waals surface area contributed by atoms with Crippen LogP contribution in [-0.4, -0.2) is 0 Å². The molecule has 0 N–H and O–H groups in total. The lowest BCUT2D eigenvalue weighted by Crippen LogP contribution is -2.51. The molecule has 0 saturated heterocycles. The van der Waals surface area contributed by atoms with E-state index in [-0.39, 0.29) is 0 Å². The van der Waals surface area contributed by atoms with Gasteiger partial charge in [-0.25, -0.2) is 0 Å². The Labute approximate surface area is 167 Å². The van der Waals surface area contributed by atoms with E-state index in [1.165, 1.54) is 25.7 Å². The molecule has 4 bridgehead atoms. The molecule has 5 fully saturated rings. The van der Waals surface area contributed by atoms with Crippen LogP contribution in [0.2, 0.25) is 0 Å². The van der Waals surface area contributed by atoms with Crippen molar-refractivity contribution in [2.24, 2.45) is 52.8 Å². The molecular weight excluding hydrogens is 324 g/mol. The maximum absolute atomic E-state index is 2.53. The van der Waals surface area contributed by atoms with Gasteiger partial charge in [-0.05, 0) is 135 Å². The van der Waals surface area contributed by atoms with Gasteiger partial charge >= 0.3 is 0 Å². The summed E-state index contributed by atoms with van der Waals surface area (Å²) in [5.41, 5.74) is 4.41. The summed E-state index contributed by atoms with van der Waals surface area (Å²) >= 11 is 0. The number of hydrogen-bond donors (Lipinski definition) is 0. The van der Waals surface area contributed by atoms with E-state index >= 15 is 0 Å². The van der Waals surface area contributed by atoms with Crippen LogP contribution in [0, 0.1) is 52.8 Å². The SMILES string of the molecule is CC(C)C1CC(C2CCC3=C2C=CC3)CC(C23CC4CC(CC(C4)C2)C3)C1. The summed E-state index contributed by atoms with van der Waals surface area (Å²) in [6.07, 6.45) is 23.6. The molecule has 0 aromatic heterocycles. The summed E-state index contributed by atoms with van der Waals surface area (Å²) < 4.78 is 0. The fraction of sp³-hybridized carbons (Fsp3) is 0.852. The van der Waals surface area contributed by atoms with Crippen molar-refractivity contribution < 1.29 is 0 Å². The highest BCUT2D eigenvalue weighted by Crippen LogP contribution is 2.66. The molecule has 0 heterocycles. The molecular formula is C27H40. The van der Waals surface area contributed by atoms with Crippen LogP contribution in [0.3, 0.4) is 0 Å². The lowest BCUT2D eigenvalue weighted by molar-refractivity contribution is -0.109. The highest BCUT2D eigenvalue weighted by molar-refractivity contribution is 5.39. The first-order chi connectivity index (χ1) is 13.1. The minimum atomic E-state index is 0.780. The number of hydrogen-bond acceptors (Lipinski definition) is 0. The van der Waals surface area contributed by atoms with E-state index in [0.717, 1.165) is 52.8 Å². The molecule has 0 radical (unpaired) electrons. The molecule has 0 aromatic rings. The smallest absolute Gasteiger partial charge is 0.0130 e. The predicted octanol–water partition coefficient (Wildman–Crippen LogP) is 7.56. The average Bonchev–Trinajstić information content (AvgIpc) is 3.23. The Morgan fingerprint density at radius 2 is 1.59 bits per heavy atom. The lowest BCUT2D eigenvalue weighted by Gasteiger charge is -2.61. The first kappa shape index (κ1) is 17.3. The number of rotatable bonds is 3. The van der Waals surface area contributed by atoms with Gasteiger partial charge in [-0.15, -0.1) is 0 Å². The second kappa shape index (κ2) is 6.24. The van der Waals surface area contributed by atoms with Crippen molar-refractivity contribution in [2.75, 3.05) is 0 Å². The van der Waals surface area contributed by atoms with E-state index in [1.54, 1.807) is 51.4 Å². The van der Waals surface area contributed by atoms with Crippen LogP contribution in [-0.2, 0) is 0 Å². The van der Waals surface area contributed by atoms with Gasteiger partial charge in [-0.2, -0.15) is 0 Å². The van der Waals surface area contributed by atoms with E-state index in [1.807, 2.05) is 11.1 Å². The molecule has 0 nitrogen and oxygen atoms in total. The van der Waals surface area contributed by atoms with E-state index in [0.29, 0.717) is 0 Å². The van der Waals surface area contributed by atoms with E-state index in [9.17, 15) is 0 Å². The summed E-state index contributed by atoms with van der Waals surface area (Å²) in [7, 11) is 0. The third kappa shape index (κ3) is 2.75. The van der Waals surface area contributed by atoms with Gasteiger partial charge in [-0.1, -0.05) is 31.6 Å². The summed E-state index contributed by atoms with van der Waals surface area (Å²) in [6, 6.07) is 0. The Hall–Kier alpha value is -0.520. The maximum atomic E-state index is 2.53. The zero-order valence-electron chi connectivity index (χ0n) is 17.8. The van der Waals surface area contributed by atoms with Crippen molar-refractivity contribution in [1.29, 1.82) is 0 Å². The van der Waals surface area contributed by atoms with Crippen molar-refractivity contribution in [3.8, 4) is 0 Å². The fourth-order valence-corrected chi connectivity index (χ4v) is 9.63. The van der Waals surface area contributed by atoms with Crippen LogP contribution < -0.4 is 0 Å². The van der Waals surface area contributed by atoms with Gasteiger partial charge in [0.05, 0.1) is 0 Å². The van der Waals surface area contributed by atoms with Crippen LogP contribution in [0.5, 0.6) is 0 Å². The molecule has 7 aliphatic rings. The van der Waals surface area contributed by atoms with Crippen LogP contribution in [0.15, 0.2) is 23.3 Å². The van der Waals surface area contributed by atoms with Gasteiger partial charge in [0.25, 0.3) is 0 Å². The van der Waals surface area contributed by atoms with E-state index in [4.69, 9.17) is 0 Å². The highest BCUT2D eigenvalue weighted by atomic mass is 14.6. The van der Waals surface area contributed by atoms with Crippen LogP contribution in [0.25, 0.3) is 0 Å². The molecule has 5 saturated carbocycles. The monoisotopic (exact) mass is 364 g/mol. The second-order valence-corrected chi connectivity index (χ2v) is 12.3. The molecule has 0 amide bonds. The minimum absolute atomic E-state index is 0.780. The third-order valence-electron chi connectivity index (χ3n) is 10.5. The number of allylic oxidation sites excluding steroid dienone is 4. The lowest BCUT2D eigenvalue weighted by atomic mass is 9.44. The Kier molecular flexibility index (Phi) is 4.01. The summed E-state index contributed by atoms with van der Waals surface area (Å²) in [5, 5.41) is 0. The summed E-state index contributed by atoms with van der Waals surface area (Å²) in [6.45, 7) is 5.05. The minimum Gasteiger partial charge on any atom is -0.0802 e. The van der Waals surface area contributed by atoms with Crippen LogP contribution in [0.4, 0.5) is 0 Å². The molecule has 0 heteroatoms. The molecule has 7 aliphatic carbocycles. The standard InChI is InChI=1S/C27H40/c1-17(2)22-11-23(26-7-6-21-4-3-5-25(21)26)13-24(12-22)27-14-18-8-19(15-27)10-20(9-18)16-27/h3,5,17-20,22-24,26H,4,6-16H2,1-2H3. The quantitative estimate of drug-likeness (QED) is 0.484. The Balaban J connectivity index is 1.29. The van der Waals surface area contributed by atoms with Crippen LogP contribution in [0.1, 0.15) is 90.9 Å². The van der Waals surface area contributed by atoms with Crippen molar-refractivity contribution in [1.82, 2.24) is 0 Å². The average molecular weight is 365 g/mol. The summed E-state index contributed by atoms with van der Waals surface area (Å²) in [5.74, 6) is 8.23. The van der Waals surface area contributed by atoms with Gasteiger partial charge in [0.2, 0.25) is 0 Å². The topological polar surface area (TPSA) is 0 Å². The zero-order valence-corrected chi connectivity index (χ0v) is 17.8. The molecule has 0 spiro atoms. The van der Waals surface area contributed by atoms with Crippen molar-refractivity contribution in [3.05, 3.63) is 23.3 Å². The first-order valence-electron chi connectivity index (χ1n) is 12.5. The van der Waals surface area contributed by atoms with E-state index in [2.05, 4.69) is 26.0 Å². The molecule has 4 atom stereocenters. The Morgan fingerprint density at radius 3 is 2.26 bits per heavy atom. The van der Waals surface area contributed by atoms with Gasteiger partial charge in [-0.3, -0.25) is 0 Å². The second-order valence-electron chi connectivity index (χ2n) is 12.3. The van der Waals surface area contributed by atoms with Crippen molar-refractivity contribution in [2.45, 2.75) is 90.9 Å². The van der Waals surface area contributed by atoms with Gasteiger partial charge in [0, 0.05) is 0 Å². The maximum Gasteiger partial charge on any atom is -0.0130 e. The van der Waals surface area contributed by atoms with Crippen LogP contribution >= 0.6 is 0 Å². The molecule has 0 aromatic carbocycles. The normalized spacial score (nSPS) is 50.9. The van der Waals surface area contributed by atoms with Gasteiger partial charge in [0.1, 0.15) is 0 Å². The van der Waals surface area contributed by atoms with Gasteiger partial charge < -0.3 is 0 Å². The molecule has 7 rings (SSSR count). The highest BCUT2D eigenvalue weighted by Gasteiger charge is 2.55. The largest absolute Gasteiger partial charge is 0.0802 e. The van der Waals surface area contributed by atoms with E-state index < -0.39 is 0 Å². The Morgan fingerprint density at radius 1 is 0.889 bits per heavy atom. The molecule has 148 valence electrons. The zero-order chi connectivity index (χ0) is 18.2. The van der Waals surface area contributed by atoms with Crippen molar-refractivity contribution >= 4 is 0 Å². The predicted molar refractivity (Wildman–Crippen MR) is 113 cm³/mol.